The number of aromatic nitrogens is 1. The van der Waals surface area contributed by atoms with Gasteiger partial charge in [-0.25, -0.2) is 9.18 Å². The second kappa shape index (κ2) is 5.66. The summed E-state index contributed by atoms with van der Waals surface area (Å²) in [4.78, 5) is 26.3. The molecule has 0 bridgehead atoms. The number of carboxylic acid groups (broad SMARTS) is 1. The van der Waals surface area contributed by atoms with Gasteiger partial charge in [0.05, 0.1) is 16.6 Å². The molecular weight excluding hydrogens is 349 g/mol. The molecule has 140 valence electrons. The molecule has 2 atom stereocenters. The van der Waals surface area contributed by atoms with Gasteiger partial charge < -0.3 is 20.3 Å². The Balaban J connectivity index is 1.88. The Hall–Kier alpha value is -2.67. The van der Waals surface area contributed by atoms with Crippen molar-refractivity contribution < 1.29 is 14.3 Å². The molecule has 1 saturated heterocycles. The van der Waals surface area contributed by atoms with Crippen molar-refractivity contribution in [1.82, 2.24) is 4.57 Å². The zero-order valence-electron chi connectivity index (χ0n) is 14.7. The number of fused-ring (bicyclic) bond motifs is 5. The van der Waals surface area contributed by atoms with E-state index in [4.69, 9.17) is 5.73 Å². The van der Waals surface area contributed by atoms with Crippen molar-refractivity contribution in [3.05, 3.63) is 45.5 Å². The summed E-state index contributed by atoms with van der Waals surface area (Å²) in [6.07, 6.45) is 8.63. The molecule has 0 unspecified atom stereocenters. The average molecular weight is 369 g/mol. The number of halogens is 1. The van der Waals surface area contributed by atoms with Crippen molar-refractivity contribution >= 4 is 28.6 Å². The van der Waals surface area contributed by atoms with E-state index in [0.717, 1.165) is 25.7 Å². The zero-order valence-corrected chi connectivity index (χ0v) is 14.7. The minimum absolute atomic E-state index is 0.0179. The van der Waals surface area contributed by atoms with Crippen LogP contribution in [0, 0.1) is 5.82 Å². The lowest BCUT2D eigenvalue weighted by Crippen LogP contribution is -2.39. The Labute approximate surface area is 154 Å². The molecule has 5 rings (SSSR count). The number of hydrogen-bond donors (Lipinski definition) is 2. The highest BCUT2D eigenvalue weighted by Crippen LogP contribution is 2.43. The van der Waals surface area contributed by atoms with E-state index in [-0.39, 0.29) is 29.1 Å². The van der Waals surface area contributed by atoms with Crippen LogP contribution in [-0.2, 0) is 0 Å². The molecule has 1 aromatic heterocycles. The van der Waals surface area contributed by atoms with E-state index >= 15 is 4.39 Å². The van der Waals surface area contributed by atoms with Crippen molar-refractivity contribution in [1.29, 1.82) is 0 Å². The van der Waals surface area contributed by atoms with Gasteiger partial charge in [-0.3, -0.25) is 4.79 Å². The molecule has 27 heavy (non-hydrogen) atoms. The molecule has 1 aromatic carbocycles. The maximum Gasteiger partial charge on any atom is 0.341 e. The predicted octanol–water partition coefficient (Wildman–Crippen LogP) is 2.50. The molecule has 2 aromatic rings. The predicted molar refractivity (Wildman–Crippen MR) is 101 cm³/mol. The summed E-state index contributed by atoms with van der Waals surface area (Å²) in [7, 11) is 0. The third-order valence-electron chi connectivity index (χ3n) is 6.00. The molecule has 1 saturated carbocycles. The molecule has 0 spiro atoms. The van der Waals surface area contributed by atoms with Crippen molar-refractivity contribution in [2.45, 2.75) is 43.8 Å². The molecule has 6 nitrogen and oxygen atoms in total. The van der Waals surface area contributed by atoms with Crippen molar-refractivity contribution in [2.24, 2.45) is 5.73 Å². The van der Waals surface area contributed by atoms with Crippen LogP contribution in [0.3, 0.4) is 0 Å². The number of benzene rings is 1. The first-order chi connectivity index (χ1) is 13.0. The van der Waals surface area contributed by atoms with Crippen LogP contribution < -0.4 is 16.1 Å². The molecular formula is C20H20FN3O3. The van der Waals surface area contributed by atoms with Gasteiger partial charge in [0.1, 0.15) is 11.4 Å². The van der Waals surface area contributed by atoms with E-state index in [2.05, 4.69) is 0 Å². The summed E-state index contributed by atoms with van der Waals surface area (Å²) >= 11 is 0. The van der Waals surface area contributed by atoms with E-state index in [1.807, 2.05) is 21.6 Å². The van der Waals surface area contributed by atoms with E-state index in [1.165, 1.54) is 12.3 Å². The molecule has 0 radical (unpaired) electrons. The Morgan fingerprint density at radius 1 is 1.30 bits per heavy atom. The minimum Gasteiger partial charge on any atom is -0.477 e. The van der Waals surface area contributed by atoms with E-state index in [9.17, 15) is 14.7 Å². The molecule has 7 heteroatoms. The SMILES string of the molecule is N[C@H]1CCN2c3c(F)cc4c(=O)c(C(=O)O)cn(C5CC5)c4c3C=CC[C@H]12. The number of rotatable bonds is 2. The van der Waals surface area contributed by atoms with Crippen LogP contribution in [0.4, 0.5) is 10.1 Å². The normalized spacial score (nSPS) is 24.0. The van der Waals surface area contributed by atoms with E-state index in [0.29, 0.717) is 23.3 Å². The maximum absolute atomic E-state index is 15.2. The fourth-order valence-corrected chi connectivity index (χ4v) is 4.53. The van der Waals surface area contributed by atoms with Crippen molar-refractivity contribution in [3.63, 3.8) is 0 Å². The third-order valence-corrected chi connectivity index (χ3v) is 6.00. The summed E-state index contributed by atoms with van der Waals surface area (Å²) in [5, 5.41) is 9.54. The average Bonchev–Trinajstić information content (AvgIpc) is 3.42. The Kier molecular flexibility index (Phi) is 3.46. The monoisotopic (exact) mass is 369 g/mol. The van der Waals surface area contributed by atoms with Gasteiger partial charge in [0.2, 0.25) is 5.43 Å². The summed E-state index contributed by atoms with van der Waals surface area (Å²) in [6.45, 7) is 0.670. The summed E-state index contributed by atoms with van der Waals surface area (Å²) in [5.41, 5.74) is 7.04. The maximum atomic E-state index is 15.2. The van der Waals surface area contributed by atoms with E-state index in [1.54, 1.807) is 0 Å². The number of hydrogen-bond acceptors (Lipinski definition) is 4. The Morgan fingerprint density at radius 3 is 2.78 bits per heavy atom. The van der Waals surface area contributed by atoms with Gasteiger partial charge in [-0.15, -0.1) is 0 Å². The minimum atomic E-state index is -1.28. The standard InChI is InChI=1S/C20H20FN3O3/c21-14-8-12-17(24(10-4-5-10)9-13(19(12)25)20(26)27)11-2-1-3-16-15(22)6-7-23(16)18(11)14/h1-2,8-10,15-16H,3-7,22H2,(H,26,27)/t15-,16+/m0/s1. The fraction of sp³-hybridized carbons (Fsp3) is 0.400. The smallest absolute Gasteiger partial charge is 0.341 e. The van der Waals surface area contributed by atoms with Crippen LogP contribution >= 0.6 is 0 Å². The molecule has 3 aliphatic rings. The molecule has 2 fully saturated rings. The van der Waals surface area contributed by atoms with Crippen LogP contribution in [0.5, 0.6) is 0 Å². The highest BCUT2D eigenvalue weighted by Gasteiger charge is 2.37. The lowest BCUT2D eigenvalue weighted by atomic mass is 10.0. The van der Waals surface area contributed by atoms with Crippen LogP contribution in [0.1, 0.15) is 47.6 Å². The quantitative estimate of drug-likeness (QED) is 0.849. The lowest BCUT2D eigenvalue weighted by molar-refractivity contribution is 0.0695. The summed E-state index contributed by atoms with van der Waals surface area (Å²) < 4.78 is 17.1. The van der Waals surface area contributed by atoms with Crippen LogP contribution in [0.25, 0.3) is 17.0 Å². The van der Waals surface area contributed by atoms with Gasteiger partial charge in [-0.05, 0) is 31.7 Å². The molecule has 3 N–H and O–H groups in total. The summed E-state index contributed by atoms with van der Waals surface area (Å²) in [5.74, 6) is -1.78. The van der Waals surface area contributed by atoms with Crippen LogP contribution in [-0.4, -0.2) is 34.3 Å². The molecule has 3 heterocycles. The zero-order chi connectivity index (χ0) is 18.9. The Morgan fingerprint density at radius 2 is 2.07 bits per heavy atom. The largest absolute Gasteiger partial charge is 0.477 e. The number of nitrogens with two attached hydrogens (primary N) is 1. The lowest BCUT2D eigenvalue weighted by Gasteiger charge is -2.29. The van der Waals surface area contributed by atoms with Gasteiger partial charge >= 0.3 is 5.97 Å². The van der Waals surface area contributed by atoms with E-state index < -0.39 is 17.2 Å². The topological polar surface area (TPSA) is 88.6 Å². The fourth-order valence-electron chi connectivity index (χ4n) is 4.53. The highest BCUT2D eigenvalue weighted by atomic mass is 19.1. The molecule has 0 amide bonds. The Bertz CT molecular complexity index is 1070. The molecule has 1 aliphatic carbocycles. The first-order valence-corrected chi connectivity index (χ1v) is 9.30. The number of carboxylic acids is 1. The number of carbonyl (C=O) groups is 1. The van der Waals surface area contributed by atoms with Crippen LogP contribution in [0.2, 0.25) is 0 Å². The third kappa shape index (κ3) is 2.34. The summed E-state index contributed by atoms with van der Waals surface area (Å²) in [6, 6.07) is 1.38. The van der Waals surface area contributed by atoms with Gasteiger partial charge in [-0.1, -0.05) is 12.2 Å². The number of aromatic carboxylic acids is 1. The van der Waals surface area contributed by atoms with Crippen LogP contribution in [0.15, 0.2) is 23.1 Å². The van der Waals surface area contributed by atoms with Gasteiger partial charge in [-0.2, -0.15) is 0 Å². The van der Waals surface area contributed by atoms with Crippen molar-refractivity contribution in [3.8, 4) is 0 Å². The number of nitrogens with zero attached hydrogens (tertiary/aromatic N) is 2. The van der Waals surface area contributed by atoms with Gasteiger partial charge in [0.25, 0.3) is 0 Å². The number of pyridine rings is 1. The molecule has 2 aliphatic heterocycles. The number of anilines is 1. The van der Waals surface area contributed by atoms with Crippen molar-refractivity contribution in [2.75, 3.05) is 11.4 Å². The first kappa shape index (κ1) is 16.5. The first-order valence-electron chi connectivity index (χ1n) is 9.30. The highest BCUT2D eigenvalue weighted by molar-refractivity contribution is 5.98. The second-order valence-corrected chi connectivity index (χ2v) is 7.68. The van der Waals surface area contributed by atoms with Gasteiger partial charge in [0, 0.05) is 36.4 Å². The second-order valence-electron chi connectivity index (χ2n) is 7.68. The van der Waals surface area contributed by atoms with Gasteiger partial charge in [0.15, 0.2) is 0 Å².